The Hall–Kier alpha value is -1.63. The van der Waals surface area contributed by atoms with E-state index in [-0.39, 0.29) is 30.5 Å². The van der Waals surface area contributed by atoms with Crippen LogP contribution in [0.5, 0.6) is 0 Å². The van der Waals surface area contributed by atoms with Crippen LogP contribution in [0.15, 0.2) is 0 Å². The number of aliphatic hydroxyl groups excluding tert-OH is 1. The Bertz CT molecular complexity index is 270. The Morgan fingerprint density at radius 1 is 1.31 bits per heavy atom. The van der Waals surface area contributed by atoms with Crippen molar-refractivity contribution < 1.29 is 5.11 Å². The van der Waals surface area contributed by atoms with Crippen molar-refractivity contribution in [1.82, 2.24) is 15.0 Å². The van der Waals surface area contributed by atoms with Crippen molar-refractivity contribution in [2.45, 2.75) is 13.0 Å². The Balaban J connectivity index is 2.77. The van der Waals surface area contributed by atoms with Gasteiger partial charge in [0, 0.05) is 6.04 Å². The Morgan fingerprint density at radius 2 is 1.85 bits per heavy atom. The van der Waals surface area contributed by atoms with E-state index in [0.717, 1.165) is 0 Å². The lowest BCUT2D eigenvalue weighted by molar-refractivity contribution is 0.281. The minimum Gasteiger partial charge on any atom is -0.394 e. The van der Waals surface area contributed by atoms with Gasteiger partial charge in [0.15, 0.2) is 0 Å². The number of hydrogen-bond acceptors (Lipinski definition) is 7. The molecule has 7 nitrogen and oxygen atoms in total. The predicted octanol–water partition coefficient (Wildman–Crippen LogP) is -1.17. The van der Waals surface area contributed by atoms with E-state index in [9.17, 15) is 0 Å². The maximum Gasteiger partial charge on any atom is 0.229 e. The van der Waals surface area contributed by atoms with Gasteiger partial charge in [0.1, 0.15) is 0 Å². The molecule has 0 amide bonds. The second-order valence-electron chi connectivity index (χ2n) is 2.60. The molecule has 0 radical (unpaired) electrons. The summed E-state index contributed by atoms with van der Waals surface area (Å²) in [5.41, 5.74) is 10.7. The molecular weight excluding hydrogens is 172 g/mol. The highest BCUT2D eigenvalue weighted by atomic mass is 16.3. The lowest BCUT2D eigenvalue weighted by atomic mass is 10.4. The van der Waals surface area contributed by atoms with E-state index in [4.69, 9.17) is 16.6 Å². The zero-order valence-corrected chi connectivity index (χ0v) is 7.23. The van der Waals surface area contributed by atoms with Crippen molar-refractivity contribution in [3.8, 4) is 0 Å². The molecule has 13 heavy (non-hydrogen) atoms. The van der Waals surface area contributed by atoms with Gasteiger partial charge in [-0.1, -0.05) is 0 Å². The van der Waals surface area contributed by atoms with Crippen LogP contribution in [0.1, 0.15) is 6.92 Å². The number of hydrogen-bond donors (Lipinski definition) is 4. The largest absolute Gasteiger partial charge is 0.394 e. The van der Waals surface area contributed by atoms with Crippen LogP contribution in [-0.4, -0.2) is 32.7 Å². The highest BCUT2D eigenvalue weighted by molar-refractivity contribution is 5.37. The number of nitrogen functional groups attached to an aromatic ring is 2. The number of nitrogens with one attached hydrogen (secondary N) is 1. The van der Waals surface area contributed by atoms with Crippen molar-refractivity contribution in [3.05, 3.63) is 0 Å². The molecular formula is C6H12N6O. The van der Waals surface area contributed by atoms with Crippen LogP contribution in [0.25, 0.3) is 0 Å². The maximum atomic E-state index is 8.74. The van der Waals surface area contributed by atoms with Gasteiger partial charge in [0.05, 0.1) is 6.61 Å². The van der Waals surface area contributed by atoms with E-state index in [2.05, 4.69) is 20.3 Å². The molecule has 0 spiro atoms. The second-order valence-corrected chi connectivity index (χ2v) is 2.60. The fourth-order valence-corrected chi connectivity index (χ4v) is 0.740. The first-order valence-electron chi connectivity index (χ1n) is 3.76. The molecule has 1 aromatic rings. The Morgan fingerprint density at radius 3 is 2.31 bits per heavy atom. The first-order chi connectivity index (χ1) is 6.11. The van der Waals surface area contributed by atoms with Crippen molar-refractivity contribution in [3.63, 3.8) is 0 Å². The molecule has 1 aromatic heterocycles. The van der Waals surface area contributed by atoms with Crippen LogP contribution in [-0.2, 0) is 0 Å². The zero-order chi connectivity index (χ0) is 9.84. The highest BCUT2D eigenvalue weighted by Gasteiger charge is 2.04. The molecule has 0 aliphatic heterocycles. The molecule has 7 heteroatoms. The Kier molecular flexibility index (Phi) is 2.80. The van der Waals surface area contributed by atoms with Crippen LogP contribution < -0.4 is 16.8 Å². The minimum absolute atomic E-state index is 0.0223. The van der Waals surface area contributed by atoms with Crippen LogP contribution in [0.4, 0.5) is 17.8 Å². The second kappa shape index (κ2) is 3.85. The third kappa shape index (κ3) is 2.71. The molecule has 1 heterocycles. The van der Waals surface area contributed by atoms with E-state index in [1.54, 1.807) is 6.92 Å². The van der Waals surface area contributed by atoms with E-state index in [0.29, 0.717) is 0 Å². The molecule has 0 aliphatic rings. The van der Waals surface area contributed by atoms with E-state index < -0.39 is 0 Å². The van der Waals surface area contributed by atoms with E-state index in [1.807, 2.05) is 0 Å². The summed E-state index contributed by atoms with van der Waals surface area (Å²) in [6.07, 6.45) is 0. The predicted molar refractivity (Wildman–Crippen MR) is 48.8 cm³/mol. The molecule has 1 atom stereocenters. The van der Waals surface area contributed by atoms with Crippen molar-refractivity contribution in [2.75, 3.05) is 23.4 Å². The first-order valence-corrected chi connectivity index (χ1v) is 3.76. The van der Waals surface area contributed by atoms with Gasteiger partial charge in [-0.3, -0.25) is 0 Å². The highest BCUT2D eigenvalue weighted by Crippen LogP contribution is 2.04. The summed E-state index contributed by atoms with van der Waals surface area (Å²) in [7, 11) is 0. The standard InChI is InChI=1S/C6H12N6O/c1-3(2-13)9-6-11-4(7)10-5(8)12-6/h3,13H,2H2,1H3,(H5,7,8,9,10,11,12). The monoisotopic (exact) mass is 184 g/mol. The molecule has 1 unspecified atom stereocenters. The van der Waals surface area contributed by atoms with Gasteiger partial charge in [0.25, 0.3) is 0 Å². The summed E-state index contributed by atoms with van der Waals surface area (Å²) in [4.78, 5) is 11.1. The third-order valence-corrected chi connectivity index (χ3v) is 1.32. The first kappa shape index (κ1) is 9.46. The Labute approximate surface area is 75.2 Å². The van der Waals surface area contributed by atoms with Crippen molar-refractivity contribution >= 4 is 17.8 Å². The lowest BCUT2D eigenvalue weighted by Crippen LogP contribution is -2.21. The summed E-state index contributed by atoms with van der Waals surface area (Å²) in [6, 6.07) is -0.152. The number of nitrogens with zero attached hydrogens (tertiary/aromatic N) is 3. The van der Waals surface area contributed by atoms with Crippen LogP contribution in [0.2, 0.25) is 0 Å². The van der Waals surface area contributed by atoms with Gasteiger partial charge >= 0.3 is 0 Å². The number of anilines is 3. The topological polar surface area (TPSA) is 123 Å². The molecule has 0 bridgehead atoms. The molecule has 0 saturated heterocycles. The SMILES string of the molecule is CC(CO)Nc1nc(N)nc(N)n1. The van der Waals surface area contributed by atoms with Gasteiger partial charge < -0.3 is 21.9 Å². The normalized spacial score (nSPS) is 12.5. The molecule has 1 rings (SSSR count). The molecule has 0 fully saturated rings. The van der Waals surface area contributed by atoms with Gasteiger partial charge in [-0.2, -0.15) is 15.0 Å². The smallest absolute Gasteiger partial charge is 0.229 e. The van der Waals surface area contributed by atoms with Crippen molar-refractivity contribution in [1.29, 1.82) is 0 Å². The third-order valence-electron chi connectivity index (χ3n) is 1.32. The molecule has 72 valence electrons. The van der Waals surface area contributed by atoms with Gasteiger partial charge in [-0.25, -0.2) is 0 Å². The molecule has 0 saturated carbocycles. The summed E-state index contributed by atoms with van der Waals surface area (Å²) in [5, 5.41) is 11.5. The van der Waals surface area contributed by atoms with E-state index >= 15 is 0 Å². The van der Waals surface area contributed by atoms with Crippen LogP contribution in [0, 0.1) is 0 Å². The number of aromatic nitrogens is 3. The van der Waals surface area contributed by atoms with E-state index in [1.165, 1.54) is 0 Å². The zero-order valence-electron chi connectivity index (χ0n) is 7.23. The van der Waals surface area contributed by atoms with Gasteiger partial charge in [0.2, 0.25) is 17.8 Å². The molecule has 6 N–H and O–H groups in total. The quantitative estimate of drug-likeness (QED) is 0.466. The molecule has 0 aliphatic carbocycles. The average Bonchev–Trinajstić information content (AvgIpc) is 2.02. The van der Waals surface area contributed by atoms with Crippen molar-refractivity contribution in [2.24, 2.45) is 0 Å². The lowest BCUT2D eigenvalue weighted by Gasteiger charge is -2.10. The summed E-state index contributed by atoms with van der Waals surface area (Å²) < 4.78 is 0. The van der Waals surface area contributed by atoms with Crippen LogP contribution >= 0.6 is 0 Å². The summed E-state index contributed by atoms with van der Waals surface area (Å²) >= 11 is 0. The average molecular weight is 184 g/mol. The van der Waals surface area contributed by atoms with Gasteiger partial charge in [-0.15, -0.1) is 0 Å². The fourth-order valence-electron chi connectivity index (χ4n) is 0.740. The summed E-state index contributed by atoms with van der Waals surface area (Å²) in [5.74, 6) is 0.381. The van der Waals surface area contributed by atoms with Gasteiger partial charge in [-0.05, 0) is 6.92 Å². The minimum atomic E-state index is -0.152. The fraction of sp³-hybridized carbons (Fsp3) is 0.500. The number of nitrogens with two attached hydrogens (primary N) is 2. The molecule has 0 aromatic carbocycles. The number of rotatable bonds is 3. The number of aliphatic hydroxyl groups is 1. The summed E-state index contributed by atoms with van der Waals surface area (Å²) in [6.45, 7) is 1.75. The maximum absolute atomic E-state index is 8.74. The van der Waals surface area contributed by atoms with Crippen LogP contribution in [0.3, 0.4) is 0 Å².